The third kappa shape index (κ3) is 2.86. The first-order valence-corrected chi connectivity index (χ1v) is 5.96. The molecule has 6 heteroatoms. The van der Waals surface area contributed by atoms with Gasteiger partial charge in [-0.05, 0) is 18.6 Å². The van der Waals surface area contributed by atoms with E-state index < -0.39 is 18.0 Å². The number of carboxylic acid groups (broad SMARTS) is 1. The molecule has 4 N–H and O–H groups in total. The van der Waals surface area contributed by atoms with Crippen LogP contribution < -0.4 is 5.32 Å². The normalized spacial score (nSPS) is 11.9. The topological polar surface area (TPSA) is 102 Å². The molecular formula is C14H14N2O4. The molecule has 0 fully saturated rings. The average molecular weight is 274 g/mol. The number of carbonyl (C=O) groups excluding carboxylic acids is 1. The second-order valence-corrected chi connectivity index (χ2v) is 4.35. The summed E-state index contributed by atoms with van der Waals surface area (Å²) in [4.78, 5) is 25.6. The van der Waals surface area contributed by atoms with E-state index in [2.05, 4.69) is 10.3 Å². The van der Waals surface area contributed by atoms with Crippen molar-refractivity contribution in [2.75, 3.05) is 5.32 Å². The maximum absolute atomic E-state index is 11.9. The Balaban J connectivity index is 2.18. The molecule has 0 aliphatic carbocycles. The summed E-state index contributed by atoms with van der Waals surface area (Å²) < 4.78 is 0. The number of aliphatic hydroxyl groups excluding tert-OH is 1. The first-order chi connectivity index (χ1) is 9.49. The molecule has 1 aromatic carbocycles. The summed E-state index contributed by atoms with van der Waals surface area (Å²) in [6.45, 7) is 1.68. The van der Waals surface area contributed by atoms with Gasteiger partial charge in [0.05, 0.1) is 5.69 Å². The van der Waals surface area contributed by atoms with E-state index in [9.17, 15) is 14.7 Å². The van der Waals surface area contributed by atoms with Crippen LogP contribution in [0.25, 0.3) is 0 Å². The van der Waals surface area contributed by atoms with E-state index in [0.29, 0.717) is 11.3 Å². The Kier molecular flexibility index (Phi) is 3.86. The standard InChI is InChI=1S/C14H14N2O4/c1-8-7-10(11(15-8)14(19)20)16-13(18)12(17)9-5-3-2-4-6-9/h2-7,12,15,17H,1H3,(H,16,18)(H,19,20). The molecule has 1 atom stereocenters. The quantitative estimate of drug-likeness (QED) is 0.681. The van der Waals surface area contributed by atoms with Crippen molar-refractivity contribution in [2.45, 2.75) is 13.0 Å². The number of aliphatic hydroxyl groups is 1. The van der Waals surface area contributed by atoms with Crippen LogP contribution in [0.4, 0.5) is 5.69 Å². The van der Waals surface area contributed by atoms with Crippen molar-refractivity contribution in [3.63, 3.8) is 0 Å². The molecule has 0 aliphatic heterocycles. The van der Waals surface area contributed by atoms with Gasteiger partial charge in [0.2, 0.25) is 0 Å². The first-order valence-electron chi connectivity index (χ1n) is 5.96. The highest BCUT2D eigenvalue weighted by Gasteiger charge is 2.21. The van der Waals surface area contributed by atoms with Crippen LogP contribution in [0.15, 0.2) is 36.4 Å². The number of aromatic nitrogens is 1. The van der Waals surface area contributed by atoms with E-state index in [0.717, 1.165) is 0 Å². The van der Waals surface area contributed by atoms with Crippen LogP contribution in [0.3, 0.4) is 0 Å². The molecular weight excluding hydrogens is 260 g/mol. The number of aromatic amines is 1. The number of carbonyl (C=O) groups is 2. The van der Waals surface area contributed by atoms with Crippen LogP contribution in [0.5, 0.6) is 0 Å². The SMILES string of the molecule is Cc1cc(NC(=O)C(O)c2ccccc2)c(C(=O)O)[nH]1. The van der Waals surface area contributed by atoms with Gasteiger partial charge in [0, 0.05) is 5.69 Å². The van der Waals surface area contributed by atoms with Gasteiger partial charge in [-0.2, -0.15) is 0 Å². The predicted molar refractivity (Wildman–Crippen MR) is 72.5 cm³/mol. The van der Waals surface area contributed by atoms with E-state index in [-0.39, 0.29) is 11.4 Å². The zero-order valence-corrected chi connectivity index (χ0v) is 10.8. The van der Waals surface area contributed by atoms with Gasteiger partial charge < -0.3 is 20.5 Å². The van der Waals surface area contributed by atoms with Crippen molar-refractivity contribution in [2.24, 2.45) is 0 Å². The lowest BCUT2D eigenvalue weighted by Crippen LogP contribution is -2.21. The third-order valence-corrected chi connectivity index (χ3v) is 2.79. The van der Waals surface area contributed by atoms with Crippen molar-refractivity contribution in [1.82, 2.24) is 4.98 Å². The van der Waals surface area contributed by atoms with E-state index >= 15 is 0 Å². The van der Waals surface area contributed by atoms with Crippen LogP contribution in [-0.4, -0.2) is 27.1 Å². The summed E-state index contributed by atoms with van der Waals surface area (Å²) in [5.41, 5.74) is 1.06. The Morgan fingerprint density at radius 2 is 1.90 bits per heavy atom. The van der Waals surface area contributed by atoms with E-state index in [1.807, 2.05) is 0 Å². The van der Waals surface area contributed by atoms with Gasteiger partial charge in [-0.1, -0.05) is 30.3 Å². The first kappa shape index (κ1) is 13.8. The van der Waals surface area contributed by atoms with Crippen molar-refractivity contribution < 1.29 is 19.8 Å². The lowest BCUT2D eigenvalue weighted by atomic mass is 10.1. The molecule has 0 spiro atoms. The van der Waals surface area contributed by atoms with Crippen molar-refractivity contribution in [3.8, 4) is 0 Å². The molecule has 2 aromatic rings. The number of aromatic carboxylic acids is 1. The lowest BCUT2D eigenvalue weighted by Gasteiger charge is -2.11. The number of hydrogen-bond donors (Lipinski definition) is 4. The van der Waals surface area contributed by atoms with E-state index in [4.69, 9.17) is 5.11 Å². The summed E-state index contributed by atoms with van der Waals surface area (Å²) >= 11 is 0. The van der Waals surface area contributed by atoms with Crippen LogP contribution in [0.2, 0.25) is 0 Å². The zero-order valence-electron chi connectivity index (χ0n) is 10.8. The fourth-order valence-corrected chi connectivity index (χ4v) is 1.84. The molecule has 1 heterocycles. The number of anilines is 1. The number of H-pyrrole nitrogens is 1. The second-order valence-electron chi connectivity index (χ2n) is 4.35. The second kappa shape index (κ2) is 5.58. The molecule has 1 unspecified atom stereocenters. The fraction of sp³-hybridized carbons (Fsp3) is 0.143. The van der Waals surface area contributed by atoms with Crippen molar-refractivity contribution in [1.29, 1.82) is 0 Å². The minimum Gasteiger partial charge on any atom is -0.477 e. The summed E-state index contributed by atoms with van der Waals surface area (Å²) in [5, 5.41) is 21.3. The van der Waals surface area contributed by atoms with E-state index in [1.165, 1.54) is 6.07 Å². The molecule has 104 valence electrons. The lowest BCUT2D eigenvalue weighted by molar-refractivity contribution is -0.124. The molecule has 6 nitrogen and oxygen atoms in total. The highest BCUT2D eigenvalue weighted by Crippen LogP contribution is 2.20. The number of benzene rings is 1. The molecule has 0 aliphatic rings. The number of aryl methyl sites for hydroxylation is 1. The Morgan fingerprint density at radius 3 is 2.50 bits per heavy atom. The van der Waals surface area contributed by atoms with Crippen LogP contribution in [-0.2, 0) is 4.79 Å². The summed E-state index contributed by atoms with van der Waals surface area (Å²) in [6.07, 6.45) is -1.35. The largest absolute Gasteiger partial charge is 0.477 e. The monoisotopic (exact) mass is 274 g/mol. The molecule has 0 saturated heterocycles. The van der Waals surface area contributed by atoms with E-state index in [1.54, 1.807) is 37.3 Å². The number of carboxylic acids is 1. The minimum atomic E-state index is -1.35. The van der Waals surface area contributed by atoms with Crippen LogP contribution in [0, 0.1) is 6.92 Å². The molecule has 0 radical (unpaired) electrons. The Morgan fingerprint density at radius 1 is 1.25 bits per heavy atom. The van der Waals surface area contributed by atoms with Gasteiger partial charge in [-0.3, -0.25) is 4.79 Å². The summed E-state index contributed by atoms with van der Waals surface area (Å²) in [7, 11) is 0. The molecule has 20 heavy (non-hydrogen) atoms. The third-order valence-electron chi connectivity index (χ3n) is 2.79. The maximum Gasteiger partial charge on any atom is 0.354 e. The average Bonchev–Trinajstić information content (AvgIpc) is 2.80. The summed E-state index contributed by atoms with van der Waals surface area (Å²) in [6, 6.07) is 9.91. The number of amides is 1. The minimum absolute atomic E-state index is 0.115. The predicted octanol–water partition coefficient (Wildman–Crippen LogP) is 1.69. The van der Waals surface area contributed by atoms with Crippen molar-refractivity contribution in [3.05, 3.63) is 53.3 Å². The summed E-state index contributed by atoms with van der Waals surface area (Å²) in [5.74, 6) is -1.86. The number of nitrogens with one attached hydrogen (secondary N) is 2. The van der Waals surface area contributed by atoms with Gasteiger partial charge in [-0.25, -0.2) is 4.79 Å². The smallest absolute Gasteiger partial charge is 0.354 e. The molecule has 2 rings (SSSR count). The highest BCUT2D eigenvalue weighted by molar-refractivity contribution is 6.01. The Labute approximate surface area is 115 Å². The Hall–Kier alpha value is -2.60. The molecule has 1 aromatic heterocycles. The van der Waals surface area contributed by atoms with Crippen LogP contribution in [0.1, 0.15) is 27.8 Å². The van der Waals surface area contributed by atoms with Gasteiger partial charge in [-0.15, -0.1) is 0 Å². The molecule has 0 bridgehead atoms. The van der Waals surface area contributed by atoms with Gasteiger partial charge in [0.15, 0.2) is 6.10 Å². The molecule has 1 amide bonds. The zero-order chi connectivity index (χ0) is 14.7. The highest BCUT2D eigenvalue weighted by atomic mass is 16.4. The Bertz CT molecular complexity index is 634. The van der Waals surface area contributed by atoms with Gasteiger partial charge in [0.25, 0.3) is 5.91 Å². The number of hydrogen-bond acceptors (Lipinski definition) is 3. The maximum atomic E-state index is 11.9. The number of rotatable bonds is 4. The van der Waals surface area contributed by atoms with Crippen molar-refractivity contribution >= 4 is 17.6 Å². The van der Waals surface area contributed by atoms with Crippen LogP contribution >= 0.6 is 0 Å². The van der Waals surface area contributed by atoms with Gasteiger partial charge >= 0.3 is 5.97 Å². The fourth-order valence-electron chi connectivity index (χ4n) is 1.84. The van der Waals surface area contributed by atoms with Gasteiger partial charge in [0.1, 0.15) is 5.69 Å². The molecule has 0 saturated carbocycles.